The second-order valence-electron chi connectivity index (χ2n) is 2.57. The molecule has 0 aromatic heterocycles. The van der Waals surface area contributed by atoms with E-state index in [1.54, 1.807) is 0 Å². The van der Waals surface area contributed by atoms with Crippen molar-refractivity contribution in [1.82, 2.24) is 0 Å². The molecule has 5 heteroatoms. The summed E-state index contributed by atoms with van der Waals surface area (Å²) in [6, 6.07) is 0. The fraction of sp³-hybridized carbons (Fsp3) is 1.00. The lowest BCUT2D eigenvalue weighted by Crippen LogP contribution is -2.11. The highest BCUT2D eigenvalue weighted by atomic mass is 19.4. The number of halogens is 4. The van der Waals surface area contributed by atoms with Crippen LogP contribution in [0.15, 0.2) is 0 Å². The van der Waals surface area contributed by atoms with Crippen molar-refractivity contribution in [2.45, 2.75) is 32.1 Å². The Bertz CT molecular complexity index is 110. The highest BCUT2D eigenvalue weighted by Crippen LogP contribution is 2.20. The van der Waals surface area contributed by atoms with E-state index in [2.05, 4.69) is 4.74 Å². The van der Waals surface area contributed by atoms with Gasteiger partial charge in [-0.05, 0) is 13.3 Å². The summed E-state index contributed by atoms with van der Waals surface area (Å²) in [6.07, 6.45) is -6.22. The Morgan fingerprint density at radius 3 is 2.33 bits per heavy atom. The Kier molecular flexibility index (Phi) is 5.20. The van der Waals surface area contributed by atoms with Crippen LogP contribution in [0.4, 0.5) is 17.6 Å². The minimum atomic E-state index is -4.13. The molecule has 1 atom stereocenters. The second-order valence-corrected chi connectivity index (χ2v) is 2.57. The third-order valence-corrected chi connectivity index (χ3v) is 1.10. The first-order valence-electron chi connectivity index (χ1n) is 3.70. The first kappa shape index (κ1) is 11.7. The molecule has 0 saturated heterocycles. The van der Waals surface area contributed by atoms with Crippen LogP contribution in [0.25, 0.3) is 0 Å². The molecule has 0 rings (SSSR count). The van der Waals surface area contributed by atoms with E-state index in [4.69, 9.17) is 0 Å². The SMILES string of the molecule is CC(F)COCCCC(F)(F)F. The van der Waals surface area contributed by atoms with Gasteiger partial charge in [-0.25, -0.2) is 4.39 Å². The van der Waals surface area contributed by atoms with Gasteiger partial charge >= 0.3 is 6.18 Å². The van der Waals surface area contributed by atoms with E-state index in [9.17, 15) is 17.6 Å². The van der Waals surface area contributed by atoms with Gasteiger partial charge in [-0.3, -0.25) is 0 Å². The fourth-order valence-corrected chi connectivity index (χ4v) is 0.620. The van der Waals surface area contributed by atoms with Crippen molar-refractivity contribution in [2.24, 2.45) is 0 Å². The maximum Gasteiger partial charge on any atom is 0.389 e. The maximum atomic E-state index is 12.0. The number of hydrogen-bond acceptors (Lipinski definition) is 1. The molecule has 0 spiro atoms. The molecule has 0 aromatic carbocycles. The smallest absolute Gasteiger partial charge is 0.378 e. The summed E-state index contributed by atoms with van der Waals surface area (Å²) < 4.78 is 51.2. The van der Waals surface area contributed by atoms with E-state index < -0.39 is 18.8 Å². The summed E-state index contributed by atoms with van der Waals surface area (Å²) in [5, 5.41) is 0. The third kappa shape index (κ3) is 9.68. The van der Waals surface area contributed by atoms with Gasteiger partial charge in [0.25, 0.3) is 0 Å². The van der Waals surface area contributed by atoms with Crippen molar-refractivity contribution < 1.29 is 22.3 Å². The normalized spacial score (nSPS) is 14.8. The van der Waals surface area contributed by atoms with Crippen LogP contribution in [0.1, 0.15) is 19.8 Å². The van der Waals surface area contributed by atoms with Gasteiger partial charge in [0, 0.05) is 13.0 Å². The second kappa shape index (κ2) is 5.35. The molecule has 0 aliphatic carbocycles. The number of hydrogen-bond donors (Lipinski definition) is 0. The molecule has 74 valence electrons. The van der Waals surface area contributed by atoms with Crippen molar-refractivity contribution in [3.63, 3.8) is 0 Å². The van der Waals surface area contributed by atoms with E-state index >= 15 is 0 Å². The molecule has 0 bridgehead atoms. The van der Waals surface area contributed by atoms with Crippen LogP contribution < -0.4 is 0 Å². The molecule has 0 aromatic rings. The predicted octanol–water partition coefficient (Wildman–Crippen LogP) is 2.70. The molecule has 1 nitrogen and oxygen atoms in total. The zero-order chi connectivity index (χ0) is 9.61. The molecule has 0 heterocycles. The molecule has 0 saturated carbocycles. The summed E-state index contributed by atoms with van der Waals surface area (Å²) in [5.74, 6) is 0. The van der Waals surface area contributed by atoms with Crippen molar-refractivity contribution >= 4 is 0 Å². The standard InChI is InChI=1S/C7H12F4O/c1-6(8)5-12-4-2-3-7(9,10)11/h6H,2-5H2,1H3. The van der Waals surface area contributed by atoms with Crippen molar-refractivity contribution in [2.75, 3.05) is 13.2 Å². The third-order valence-electron chi connectivity index (χ3n) is 1.10. The average Bonchev–Trinajstić information content (AvgIpc) is 1.83. The monoisotopic (exact) mass is 188 g/mol. The molecule has 0 radical (unpaired) electrons. The zero-order valence-corrected chi connectivity index (χ0v) is 6.83. The van der Waals surface area contributed by atoms with Crippen molar-refractivity contribution in [3.05, 3.63) is 0 Å². The van der Waals surface area contributed by atoms with Gasteiger partial charge in [-0.1, -0.05) is 0 Å². The lowest BCUT2D eigenvalue weighted by molar-refractivity contribution is -0.138. The van der Waals surface area contributed by atoms with Gasteiger partial charge in [-0.15, -0.1) is 0 Å². The molecule has 0 amide bonds. The summed E-state index contributed by atoms with van der Waals surface area (Å²) in [6.45, 7) is 1.13. The van der Waals surface area contributed by atoms with Gasteiger partial charge in [-0.2, -0.15) is 13.2 Å². The van der Waals surface area contributed by atoms with E-state index in [-0.39, 0.29) is 19.6 Å². The predicted molar refractivity (Wildman–Crippen MR) is 36.7 cm³/mol. The van der Waals surface area contributed by atoms with Crippen molar-refractivity contribution in [3.8, 4) is 0 Å². The van der Waals surface area contributed by atoms with E-state index in [1.165, 1.54) is 6.92 Å². The van der Waals surface area contributed by atoms with Crippen LogP contribution in [0.2, 0.25) is 0 Å². The molecule has 0 fully saturated rings. The molecule has 0 aliphatic heterocycles. The Morgan fingerprint density at radius 1 is 1.33 bits per heavy atom. The lowest BCUT2D eigenvalue weighted by atomic mass is 10.3. The highest BCUT2D eigenvalue weighted by molar-refractivity contribution is 4.50. The van der Waals surface area contributed by atoms with Gasteiger partial charge in [0.1, 0.15) is 6.17 Å². The first-order valence-corrected chi connectivity index (χ1v) is 3.70. The van der Waals surface area contributed by atoms with Gasteiger partial charge in [0.05, 0.1) is 6.61 Å². The summed E-state index contributed by atoms with van der Waals surface area (Å²) in [5.41, 5.74) is 0. The number of ether oxygens (including phenoxy) is 1. The van der Waals surface area contributed by atoms with E-state index in [0.29, 0.717) is 0 Å². The molecule has 1 unspecified atom stereocenters. The average molecular weight is 188 g/mol. The van der Waals surface area contributed by atoms with E-state index in [1.807, 2.05) is 0 Å². The Hall–Kier alpha value is -0.320. The zero-order valence-electron chi connectivity index (χ0n) is 6.83. The minimum Gasteiger partial charge on any atom is -0.378 e. The molecular weight excluding hydrogens is 176 g/mol. The van der Waals surface area contributed by atoms with Crippen LogP contribution in [0.5, 0.6) is 0 Å². The minimum absolute atomic E-state index is 0.0340. The van der Waals surface area contributed by atoms with Crippen LogP contribution in [0, 0.1) is 0 Å². The first-order chi connectivity index (χ1) is 5.42. The number of alkyl halides is 4. The number of rotatable bonds is 5. The van der Waals surface area contributed by atoms with Gasteiger partial charge < -0.3 is 4.74 Å². The van der Waals surface area contributed by atoms with Crippen molar-refractivity contribution in [1.29, 1.82) is 0 Å². The quantitative estimate of drug-likeness (QED) is 0.476. The fourth-order valence-electron chi connectivity index (χ4n) is 0.620. The van der Waals surface area contributed by atoms with Crippen LogP contribution in [-0.4, -0.2) is 25.6 Å². The Balaban J connectivity index is 3.12. The molecular formula is C7H12F4O. The van der Waals surface area contributed by atoms with Crippen LogP contribution >= 0.6 is 0 Å². The molecule has 0 N–H and O–H groups in total. The Labute approximate surface area is 68.7 Å². The van der Waals surface area contributed by atoms with Crippen LogP contribution in [0.3, 0.4) is 0 Å². The van der Waals surface area contributed by atoms with Crippen LogP contribution in [-0.2, 0) is 4.74 Å². The lowest BCUT2D eigenvalue weighted by Gasteiger charge is -2.06. The summed E-state index contributed by atoms with van der Waals surface area (Å²) in [4.78, 5) is 0. The topological polar surface area (TPSA) is 9.23 Å². The van der Waals surface area contributed by atoms with Gasteiger partial charge in [0.2, 0.25) is 0 Å². The van der Waals surface area contributed by atoms with E-state index in [0.717, 1.165) is 0 Å². The highest BCUT2D eigenvalue weighted by Gasteiger charge is 2.25. The Morgan fingerprint density at radius 2 is 1.92 bits per heavy atom. The largest absolute Gasteiger partial charge is 0.389 e. The molecule has 12 heavy (non-hydrogen) atoms. The summed E-state index contributed by atoms with van der Waals surface area (Å²) in [7, 11) is 0. The maximum absolute atomic E-state index is 12.0. The van der Waals surface area contributed by atoms with Gasteiger partial charge in [0.15, 0.2) is 0 Å². The summed E-state index contributed by atoms with van der Waals surface area (Å²) >= 11 is 0. The molecule has 0 aliphatic rings.